The number of ether oxygens (including phenoxy) is 1. The van der Waals surface area contributed by atoms with E-state index >= 15 is 0 Å². The maximum Gasteiger partial charge on any atom is 0.408 e. The van der Waals surface area contributed by atoms with Crippen LogP contribution in [-0.4, -0.2) is 34.9 Å². The Kier molecular flexibility index (Phi) is 6.87. The number of ketones is 1. The molecule has 0 aliphatic heterocycles. The number of thiazole rings is 1. The minimum Gasteiger partial charge on any atom is -0.444 e. The quantitative estimate of drug-likeness (QED) is 0.729. The molecule has 1 heterocycles. The summed E-state index contributed by atoms with van der Waals surface area (Å²) in [5.41, 5.74) is 2.37. The number of benzene rings is 1. The Hall–Kier alpha value is -2.74. The molecule has 1 aliphatic rings. The standard InChI is InChI=1S/C22H27N3O4S/c1-22(2,3)29-21(28)23-12-19(27)25-20-24-18(13-30-20)16-6-4-5-15(11-16)14-7-9-17(26)10-8-14/h4-6,11,13-14H,7-10,12H2,1-3H3,(H,23,28)(H,24,25,27). The van der Waals surface area contributed by atoms with Gasteiger partial charge < -0.3 is 15.4 Å². The monoisotopic (exact) mass is 429 g/mol. The molecule has 0 saturated heterocycles. The third-order valence-electron chi connectivity index (χ3n) is 4.74. The lowest BCUT2D eigenvalue weighted by Crippen LogP contribution is -2.37. The van der Waals surface area contributed by atoms with E-state index in [0.717, 1.165) is 24.1 Å². The Morgan fingerprint density at radius 2 is 1.97 bits per heavy atom. The Labute approximate surface area is 180 Å². The third-order valence-corrected chi connectivity index (χ3v) is 5.50. The van der Waals surface area contributed by atoms with Gasteiger partial charge in [-0.15, -0.1) is 11.3 Å². The van der Waals surface area contributed by atoms with Crippen molar-refractivity contribution < 1.29 is 19.1 Å². The van der Waals surface area contributed by atoms with E-state index in [1.165, 1.54) is 16.9 Å². The van der Waals surface area contributed by atoms with Crippen molar-refractivity contribution in [2.75, 3.05) is 11.9 Å². The van der Waals surface area contributed by atoms with E-state index < -0.39 is 11.7 Å². The van der Waals surface area contributed by atoms with Crippen molar-refractivity contribution in [1.29, 1.82) is 0 Å². The summed E-state index contributed by atoms with van der Waals surface area (Å²) in [6, 6.07) is 8.21. The van der Waals surface area contributed by atoms with Crippen molar-refractivity contribution in [2.45, 2.75) is 58.0 Å². The van der Waals surface area contributed by atoms with Gasteiger partial charge in [-0.1, -0.05) is 18.2 Å². The Morgan fingerprint density at radius 1 is 1.23 bits per heavy atom. The number of aromatic nitrogens is 1. The van der Waals surface area contributed by atoms with Crippen molar-refractivity contribution in [3.8, 4) is 11.3 Å². The molecule has 0 spiro atoms. The highest BCUT2D eigenvalue weighted by molar-refractivity contribution is 7.14. The smallest absolute Gasteiger partial charge is 0.408 e. The average Bonchev–Trinajstić information content (AvgIpc) is 3.14. The molecule has 2 aromatic rings. The maximum atomic E-state index is 12.1. The van der Waals surface area contributed by atoms with Gasteiger partial charge in [0.05, 0.1) is 5.69 Å². The molecule has 0 radical (unpaired) electrons. The number of rotatable bonds is 5. The molecule has 2 N–H and O–H groups in total. The van der Waals surface area contributed by atoms with E-state index in [2.05, 4.69) is 27.8 Å². The summed E-state index contributed by atoms with van der Waals surface area (Å²) in [7, 11) is 0. The van der Waals surface area contributed by atoms with Crippen LogP contribution in [0.15, 0.2) is 29.6 Å². The molecule has 1 fully saturated rings. The number of nitrogens with zero attached hydrogens (tertiary/aromatic N) is 1. The molecule has 1 aromatic carbocycles. The number of nitrogens with one attached hydrogen (secondary N) is 2. The van der Waals surface area contributed by atoms with Crippen molar-refractivity contribution >= 4 is 34.3 Å². The zero-order chi connectivity index (χ0) is 21.7. The molecule has 30 heavy (non-hydrogen) atoms. The number of Topliss-reactive ketones (excluding diaryl/α,β-unsaturated/α-hetero) is 1. The Balaban J connectivity index is 1.57. The highest BCUT2D eigenvalue weighted by atomic mass is 32.1. The van der Waals surface area contributed by atoms with Crippen LogP contribution in [0, 0.1) is 0 Å². The summed E-state index contributed by atoms with van der Waals surface area (Å²) in [6.45, 7) is 5.07. The molecule has 2 amide bonds. The van der Waals surface area contributed by atoms with Crippen LogP contribution in [0.1, 0.15) is 57.9 Å². The SMILES string of the molecule is CC(C)(C)OC(=O)NCC(=O)Nc1nc(-c2cccc(C3CCC(=O)CC3)c2)cs1. The average molecular weight is 430 g/mol. The molecule has 7 nitrogen and oxygen atoms in total. The van der Waals surface area contributed by atoms with Crippen molar-refractivity contribution in [1.82, 2.24) is 10.3 Å². The van der Waals surface area contributed by atoms with Gasteiger partial charge in [-0.05, 0) is 51.2 Å². The van der Waals surface area contributed by atoms with E-state index in [1.54, 1.807) is 20.8 Å². The zero-order valence-electron chi connectivity index (χ0n) is 17.5. The topological polar surface area (TPSA) is 97.4 Å². The van der Waals surface area contributed by atoms with Crippen LogP contribution in [0.3, 0.4) is 0 Å². The minimum absolute atomic E-state index is 0.195. The molecule has 0 unspecified atom stereocenters. The van der Waals surface area contributed by atoms with Crippen LogP contribution in [0.2, 0.25) is 0 Å². The van der Waals surface area contributed by atoms with Gasteiger partial charge in [-0.2, -0.15) is 0 Å². The summed E-state index contributed by atoms with van der Waals surface area (Å²) in [4.78, 5) is 39.7. The second-order valence-electron chi connectivity index (χ2n) is 8.38. The van der Waals surface area contributed by atoms with Crippen molar-refractivity contribution in [2.24, 2.45) is 0 Å². The molecule has 1 saturated carbocycles. The number of hydrogen-bond acceptors (Lipinski definition) is 6. The molecule has 0 bridgehead atoms. The third kappa shape index (κ3) is 6.38. The predicted molar refractivity (Wildman–Crippen MR) is 117 cm³/mol. The lowest BCUT2D eigenvalue weighted by molar-refractivity contribution is -0.120. The number of carbonyl (C=O) groups is 3. The second-order valence-corrected chi connectivity index (χ2v) is 9.24. The normalized spacial score (nSPS) is 15.0. The van der Waals surface area contributed by atoms with Gasteiger partial charge in [-0.25, -0.2) is 9.78 Å². The molecular formula is C22H27N3O4S. The van der Waals surface area contributed by atoms with Crippen LogP contribution in [0.4, 0.5) is 9.93 Å². The molecule has 8 heteroatoms. The Morgan fingerprint density at radius 3 is 2.67 bits per heavy atom. The van der Waals surface area contributed by atoms with E-state index in [1.807, 2.05) is 17.5 Å². The number of hydrogen-bond donors (Lipinski definition) is 2. The number of amides is 2. The van der Waals surface area contributed by atoms with E-state index in [4.69, 9.17) is 4.74 Å². The zero-order valence-corrected chi connectivity index (χ0v) is 18.3. The van der Waals surface area contributed by atoms with E-state index in [9.17, 15) is 14.4 Å². The van der Waals surface area contributed by atoms with Gasteiger partial charge in [0.2, 0.25) is 5.91 Å². The van der Waals surface area contributed by atoms with Gasteiger partial charge in [0.25, 0.3) is 0 Å². The second kappa shape index (κ2) is 9.38. The lowest BCUT2D eigenvalue weighted by Gasteiger charge is -2.21. The van der Waals surface area contributed by atoms with Crippen LogP contribution < -0.4 is 10.6 Å². The van der Waals surface area contributed by atoms with Crippen LogP contribution in [0.5, 0.6) is 0 Å². The van der Waals surface area contributed by atoms with Crippen molar-refractivity contribution in [3.63, 3.8) is 0 Å². The highest BCUT2D eigenvalue weighted by Crippen LogP contribution is 2.34. The summed E-state index contributed by atoms with van der Waals surface area (Å²) < 4.78 is 5.11. The molecular weight excluding hydrogens is 402 g/mol. The number of carbonyl (C=O) groups excluding carboxylic acids is 3. The largest absolute Gasteiger partial charge is 0.444 e. The Bertz CT molecular complexity index is 922. The fraction of sp³-hybridized carbons (Fsp3) is 0.455. The molecule has 160 valence electrons. The van der Waals surface area contributed by atoms with Crippen LogP contribution >= 0.6 is 11.3 Å². The maximum absolute atomic E-state index is 12.1. The fourth-order valence-electron chi connectivity index (χ4n) is 3.32. The summed E-state index contributed by atoms with van der Waals surface area (Å²) >= 11 is 1.33. The summed E-state index contributed by atoms with van der Waals surface area (Å²) in [5, 5.41) is 7.47. The summed E-state index contributed by atoms with van der Waals surface area (Å²) in [6.07, 6.45) is 2.45. The van der Waals surface area contributed by atoms with E-state index in [0.29, 0.717) is 29.7 Å². The first-order valence-electron chi connectivity index (χ1n) is 10.0. The first-order valence-corrected chi connectivity index (χ1v) is 10.9. The van der Waals surface area contributed by atoms with Crippen molar-refractivity contribution in [3.05, 3.63) is 35.2 Å². The minimum atomic E-state index is -0.640. The van der Waals surface area contributed by atoms with Gasteiger partial charge in [0.15, 0.2) is 5.13 Å². The summed E-state index contributed by atoms with van der Waals surface area (Å²) in [5.74, 6) is 0.380. The van der Waals surface area contributed by atoms with Gasteiger partial charge >= 0.3 is 6.09 Å². The fourth-order valence-corrected chi connectivity index (χ4v) is 4.05. The first-order chi connectivity index (χ1) is 14.2. The molecule has 1 aliphatic carbocycles. The highest BCUT2D eigenvalue weighted by Gasteiger charge is 2.21. The van der Waals surface area contributed by atoms with Crippen LogP contribution in [0.25, 0.3) is 11.3 Å². The molecule has 1 aromatic heterocycles. The number of alkyl carbamates (subject to hydrolysis) is 1. The lowest BCUT2D eigenvalue weighted by atomic mass is 9.83. The van der Waals surface area contributed by atoms with E-state index in [-0.39, 0.29) is 12.5 Å². The predicted octanol–water partition coefficient (Wildman–Crippen LogP) is 4.50. The van der Waals surface area contributed by atoms with Gasteiger partial charge in [0.1, 0.15) is 17.9 Å². The molecule has 3 rings (SSSR count). The van der Waals surface area contributed by atoms with Crippen LogP contribution in [-0.2, 0) is 14.3 Å². The molecule has 0 atom stereocenters. The first kappa shape index (κ1) is 22.0. The van der Waals surface area contributed by atoms with Gasteiger partial charge in [0, 0.05) is 23.8 Å². The van der Waals surface area contributed by atoms with Gasteiger partial charge in [-0.3, -0.25) is 9.59 Å². The number of anilines is 1.